The fraction of sp³-hybridized carbons (Fsp3) is 0.900. The van der Waals surface area contributed by atoms with Crippen LogP contribution in [0.15, 0.2) is 0 Å². The molecule has 0 aliphatic carbocycles. The number of carbonyl (C=O) groups is 1. The first-order valence-electron chi connectivity index (χ1n) is 5.34. The summed E-state index contributed by atoms with van der Waals surface area (Å²) in [5.41, 5.74) is 0. The molecule has 1 N–H and O–H groups in total. The smallest absolute Gasteiger partial charge is 0.313 e. The maximum absolute atomic E-state index is 11.8. The van der Waals surface area contributed by atoms with Crippen LogP contribution >= 0.6 is 0 Å². The second-order valence-corrected chi connectivity index (χ2v) is 3.96. The molecule has 5 heteroatoms. The highest BCUT2D eigenvalue weighted by Gasteiger charge is 2.35. The van der Waals surface area contributed by atoms with Gasteiger partial charge in [-0.3, -0.25) is 4.79 Å². The third-order valence-electron chi connectivity index (χ3n) is 2.92. The Morgan fingerprint density at radius 3 is 2.87 bits per heavy atom. The van der Waals surface area contributed by atoms with E-state index in [0.717, 1.165) is 6.42 Å². The molecule has 2 aliphatic heterocycles. The number of hydrogen-bond acceptors (Lipinski definition) is 5. The standard InChI is InChI=1S/C10H17NO4/c1-11-9-6-14-5-8(9)10(12)15-7-2-3-13-4-7/h7-9,11H,2-6H2,1H3. The van der Waals surface area contributed by atoms with E-state index in [-0.39, 0.29) is 24.0 Å². The average Bonchev–Trinajstić information content (AvgIpc) is 2.86. The molecule has 86 valence electrons. The highest BCUT2D eigenvalue weighted by Crippen LogP contribution is 2.18. The van der Waals surface area contributed by atoms with E-state index in [2.05, 4.69) is 5.32 Å². The van der Waals surface area contributed by atoms with Crippen LogP contribution in [-0.4, -0.2) is 51.6 Å². The molecular weight excluding hydrogens is 198 g/mol. The quantitative estimate of drug-likeness (QED) is 0.646. The van der Waals surface area contributed by atoms with E-state index in [4.69, 9.17) is 14.2 Å². The van der Waals surface area contributed by atoms with Gasteiger partial charge in [0, 0.05) is 12.5 Å². The number of ether oxygens (including phenoxy) is 3. The number of likely N-dealkylation sites (N-methyl/N-ethyl adjacent to an activating group) is 1. The Labute approximate surface area is 89.1 Å². The van der Waals surface area contributed by atoms with Crippen molar-refractivity contribution < 1.29 is 19.0 Å². The molecule has 0 radical (unpaired) electrons. The van der Waals surface area contributed by atoms with Crippen LogP contribution < -0.4 is 5.32 Å². The predicted octanol–water partition coefficient (Wildman–Crippen LogP) is -0.447. The molecule has 0 aromatic heterocycles. The Morgan fingerprint density at radius 2 is 2.20 bits per heavy atom. The third kappa shape index (κ3) is 2.48. The van der Waals surface area contributed by atoms with Gasteiger partial charge in [0.25, 0.3) is 0 Å². The molecule has 2 aliphatic rings. The number of esters is 1. The van der Waals surface area contributed by atoms with E-state index in [1.54, 1.807) is 0 Å². The van der Waals surface area contributed by atoms with Crippen molar-refractivity contribution in [3.8, 4) is 0 Å². The van der Waals surface area contributed by atoms with Gasteiger partial charge in [0.05, 0.1) is 32.3 Å². The van der Waals surface area contributed by atoms with E-state index < -0.39 is 0 Å². The lowest BCUT2D eigenvalue weighted by Crippen LogP contribution is -2.39. The minimum Gasteiger partial charge on any atom is -0.459 e. The van der Waals surface area contributed by atoms with Gasteiger partial charge in [-0.05, 0) is 7.05 Å². The molecule has 0 aromatic rings. The summed E-state index contributed by atoms with van der Waals surface area (Å²) in [6.45, 7) is 2.26. The summed E-state index contributed by atoms with van der Waals surface area (Å²) in [5, 5.41) is 3.06. The SMILES string of the molecule is CNC1COCC1C(=O)OC1CCOC1. The zero-order valence-corrected chi connectivity index (χ0v) is 8.90. The summed E-state index contributed by atoms with van der Waals surface area (Å²) < 4.78 is 15.7. The van der Waals surface area contributed by atoms with Gasteiger partial charge < -0.3 is 19.5 Å². The number of hydrogen-bond donors (Lipinski definition) is 1. The summed E-state index contributed by atoms with van der Waals surface area (Å²) in [4.78, 5) is 11.8. The van der Waals surface area contributed by atoms with Crippen molar-refractivity contribution in [3.05, 3.63) is 0 Å². The van der Waals surface area contributed by atoms with Crippen molar-refractivity contribution in [1.29, 1.82) is 0 Å². The topological polar surface area (TPSA) is 56.8 Å². The van der Waals surface area contributed by atoms with Crippen molar-refractivity contribution in [1.82, 2.24) is 5.32 Å². The first kappa shape index (κ1) is 10.9. The van der Waals surface area contributed by atoms with Gasteiger partial charge in [-0.1, -0.05) is 0 Å². The zero-order chi connectivity index (χ0) is 10.7. The number of carbonyl (C=O) groups excluding carboxylic acids is 1. The van der Waals surface area contributed by atoms with E-state index in [0.29, 0.717) is 26.4 Å². The van der Waals surface area contributed by atoms with Crippen molar-refractivity contribution in [2.75, 3.05) is 33.5 Å². The molecule has 2 rings (SSSR count). The normalized spacial score (nSPS) is 35.7. The van der Waals surface area contributed by atoms with Gasteiger partial charge in [-0.25, -0.2) is 0 Å². The van der Waals surface area contributed by atoms with Gasteiger partial charge in [0.1, 0.15) is 6.10 Å². The molecule has 15 heavy (non-hydrogen) atoms. The largest absolute Gasteiger partial charge is 0.459 e. The summed E-state index contributed by atoms with van der Waals surface area (Å²) in [6, 6.07) is 0.0832. The second-order valence-electron chi connectivity index (χ2n) is 3.96. The fourth-order valence-corrected chi connectivity index (χ4v) is 1.93. The van der Waals surface area contributed by atoms with Crippen LogP contribution in [0.25, 0.3) is 0 Å². The summed E-state index contributed by atoms with van der Waals surface area (Å²) in [7, 11) is 1.83. The fourth-order valence-electron chi connectivity index (χ4n) is 1.93. The van der Waals surface area contributed by atoms with E-state index >= 15 is 0 Å². The molecule has 2 fully saturated rings. The number of nitrogens with one attached hydrogen (secondary N) is 1. The van der Waals surface area contributed by atoms with Gasteiger partial charge in [0.2, 0.25) is 0 Å². The van der Waals surface area contributed by atoms with Crippen LogP contribution in [-0.2, 0) is 19.0 Å². The van der Waals surface area contributed by atoms with Gasteiger partial charge >= 0.3 is 5.97 Å². The van der Waals surface area contributed by atoms with Crippen molar-refractivity contribution in [3.63, 3.8) is 0 Å². The molecule has 3 unspecified atom stereocenters. The van der Waals surface area contributed by atoms with Crippen LogP contribution in [0.4, 0.5) is 0 Å². The maximum atomic E-state index is 11.8. The Hall–Kier alpha value is -0.650. The van der Waals surface area contributed by atoms with Crippen molar-refractivity contribution >= 4 is 5.97 Å². The molecule has 0 spiro atoms. The molecule has 0 amide bonds. The molecule has 0 aromatic carbocycles. The van der Waals surface area contributed by atoms with Crippen LogP contribution in [0.2, 0.25) is 0 Å². The third-order valence-corrected chi connectivity index (χ3v) is 2.92. The minimum absolute atomic E-state index is 0.0596. The second kappa shape index (κ2) is 4.92. The molecular formula is C10H17NO4. The zero-order valence-electron chi connectivity index (χ0n) is 8.90. The van der Waals surface area contributed by atoms with Gasteiger partial charge in [-0.2, -0.15) is 0 Å². The highest BCUT2D eigenvalue weighted by molar-refractivity contribution is 5.74. The lowest BCUT2D eigenvalue weighted by molar-refractivity contribution is -0.154. The van der Waals surface area contributed by atoms with E-state index in [1.807, 2.05) is 7.05 Å². The predicted molar refractivity (Wildman–Crippen MR) is 52.5 cm³/mol. The van der Waals surface area contributed by atoms with Crippen molar-refractivity contribution in [2.45, 2.75) is 18.6 Å². The lowest BCUT2D eigenvalue weighted by Gasteiger charge is -2.17. The molecule has 3 atom stereocenters. The van der Waals surface area contributed by atoms with E-state index in [1.165, 1.54) is 0 Å². The highest BCUT2D eigenvalue weighted by atomic mass is 16.6. The van der Waals surface area contributed by atoms with Crippen LogP contribution in [0.3, 0.4) is 0 Å². The van der Waals surface area contributed by atoms with Crippen LogP contribution in [0.1, 0.15) is 6.42 Å². The summed E-state index contributed by atoms with van der Waals surface area (Å²) >= 11 is 0. The Balaban J connectivity index is 1.83. The molecule has 0 saturated carbocycles. The van der Waals surface area contributed by atoms with Gasteiger partial charge in [-0.15, -0.1) is 0 Å². The summed E-state index contributed by atoms with van der Waals surface area (Å²) in [6.07, 6.45) is 0.749. The Bertz CT molecular complexity index is 227. The van der Waals surface area contributed by atoms with E-state index in [9.17, 15) is 4.79 Å². The number of rotatable bonds is 3. The first-order chi connectivity index (χ1) is 7.31. The average molecular weight is 215 g/mol. The van der Waals surface area contributed by atoms with Crippen molar-refractivity contribution in [2.24, 2.45) is 5.92 Å². The Kier molecular flexibility index (Phi) is 3.56. The molecule has 2 saturated heterocycles. The van der Waals surface area contributed by atoms with Crippen LogP contribution in [0, 0.1) is 5.92 Å². The molecule has 0 bridgehead atoms. The van der Waals surface area contributed by atoms with Crippen LogP contribution in [0.5, 0.6) is 0 Å². The van der Waals surface area contributed by atoms with Gasteiger partial charge in [0.15, 0.2) is 0 Å². The monoisotopic (exact) mass is 215 g/mol. The first-order valence-corrected chi connectivity index (χ1v) is 5.34. The maximum Gasteiger partial charge on any atom is 0.313 e. The Morgan fingerprint density at radius 1 is 1.33 bits per heavy atom. The minimum atomic E-state index is -0.171. The lowest BCUT2D eigenvalue weighted by atomic mass is 10.0. The summed E-state index contributed by atoms with van der Waals surface area (Å²) in [5.74, 6) is -0.335. The molecule has 5 nitrogen and oxygen atoms in total. The molecule has 2 heterocycles.